The van der Waals surface area contributed by atoms with E-state index in [4.69, 9.17) is 4.74 Å². The van der Waals surface area contributed by atoms with E-state index in [9.17, 15) is 0 Å². The number of rotatable bonds is 2. The van der Waals surface area contributed by atoms with Crippen molar-refractivity contribution in [1.29, 1.82) is 0 Å². The molecular weight excluding hydrogens is 208 g/mol. The van der Waals surface area contributed by atoms with Crippen molar-refractivity contribution in [2.75, 3.05) is 0 Å². The number of ether oxygens (including phenoxy) is 1. The van der Waals surface area contributed by atoms with Crippen LogP contribution < -0.4 is 4.74 Å². The molecule has 1 aliphatic rings. The average molecular weight is 224 g/mol. The maximum Gasteiger partial charge on any atom is 0.123 e. The third-order valence-electron chi connectivity index (χ3n) is 3.30. The predicted octanol–water partition coefficient (Wildman–Crippen LogP) is 3.54. The average Bonchev–Trinajstić information content (AvgIpc) is 2.74. The van der Waals surface area contributed by atoms with Crippen LogP contribution in [-0.2, 0) is 12.8 Å². The zero-order chi connectivity index (χ0) is 11.7. The largest absolute Gasteiger partial charge is 0.489 e. The molecule has 0 bridgehead atoms. The van der Waals surface area contributed by atoms with Crippen LogP contribution in [0.5, 0.6) is 5.75 Å². The van der Waals surface area contributed by atoms with Crippen LogP contribution in [-0.4, -0.2) is 6.10 Å². The number of hydrogen-bond donors (Lipinski definition) is 0. The lowest BCUT2D eigenvalue weighted by Crippen LogP contribution is -2.16. The second-order valence-electron chi connectivity index (χ2n) is 4.74. The maximum absolute atomic E-state index is 5.94. The van der Waals surface area contributed by atoms with Gasteiger partial charge in [0.2, 0.25) is 0 Å². The van der Waals surface area contributed by atoms with Gasteiger partial charge in [0.05, 0.1) is 0 Å². The second-order valence-corrected chi connectivity index (χ2v) is 4.74. The summed E-state index contributed by atoms with van der Waals surface area (Å²) < 4.78 is 5.94. The lowest BCUT2D eigenvalue weighted by Gasteiger charge is -2.10. The van der Waals surface area contributed by atoms with Gasteiger partial charge in [0.15, 0.2) is 0 Å². The lowest BCUT2D eigenvalue weighted by atomic mass is 10.0. The molecular formula is C16H16O. The van der Waals surface area contributed by atoms with Gasteiger partial charge in [0, 0.05) is 12.8 Å². The summed E-state index contributed by atoms with van der Waals surface area (Å²) in [5.74, 6) is 1.06. The van der Waals surface area contributed by atoms with Crippen molar-refractivity contribution in [1.82, 2.24) is 0 Å². The monoisotopic (exact) mass is 224 g/mol. The molecule has 0 aromatic heterocycles. The molecule has 1 aliphatic heterocycles. The second kappa shape index (κ2) is 4.25. The van der Waals surface area contributed by atoms with Crippen molar-refractivity contribution in [3.8, 4) is 5.75 Å². The molecule has 1 heterocycles. The van der Waals surface area contributed by atoms with Gasteiger partial charge in [-0.05, 0) is 24.1 Å². The smallest absolute Gasteiger partial charge is 0.123 e. The van der Waals surface area contributed by atoms with Crippen LogP contribution >= 0.6 is 0 Å². The summed E-state index contributed by atoms with van der Waals surface area (Å²) in [6.07, 6.45) is 2.33. The Morgan fingerprint density at radius 3 is 2.59 bits per heavy atom. The lowest BCUT2D eigenvalue weighted by molar-refractivity contribution is 0.233. The highest BCUT2D eigenvalue weighted by molar-refractivity contribution is 5.37. The Morgan fingerprint density at radius 2 is 1.82 bits per heavy atom. The van der Waals surface area contributed by atoms with E-state index >= 15 is 0 Å². The van der Waals surface area contributed by atoms with Gasteiger partial charge in [-0.2, -0.15) is 0 Å². The van der Waals surface area contributed by atoms with Gasteiger partial charge >= 0.3 is 0 Å². The highest BCUT2D eigenvalue weighted by Gasteiger charge is 2.22. The van der Waals surface area contributed by atoms with Crippen molar-refractivity contribution in [2.24, 2.45) is 0 Å². The van der Waals surface area contributed by atoms with Crippen molar-refractivity contribution in [3.05, 3.63) is 65.2 Å². The van der Waals surface area contributed by atoms with Gasteiger partial charge in [0.1, 0.15) is 11.9 Å². The number of hydrogen-bond acceptors (Lipinski definition) is 1. The molecule has 17 heavy (non-hydrogen) atoms. The first-order valence-electron chi connectivity index (χ1n) is 6.11. The molecule has 0 saturated carbocycles. The third-order valence-corrected chi connectivity index (χ3v) is 3.30. The zero-order valence-electron chi connectivity index (χ0n) is 10.0. The SMILES string of the molecule is Cc1ccc(CC2Cc3ccccc3O2)cc1. The van der Waals surface area contributed by atoms with E-state index in [0.717, 1.165) is 18.6 Å². The maximum atomic E-state index is 5.94. The Bertz CT molecular complexity index is 488. The Kier molecular flexibility index (Phi) is 2.60. The number of benzene rings is 2. The van der Waals surface area contributed by atoms with E-state index in [1.165, 1.54) is 16.7 Å². The normalized spacial score (nSPS) is 17.6. The van der Waals surface area contributed by atoms with E-state index in [-0.39, 0.29) is 0 Å². The van der Waals surface area contributed by atoms with E-state index in [2.05, 4.69) is 49.4 Å². The number of para-hydroxylation sites is 1. The summed E-state index contributed by atoms with van der Waals surface area (Å²) in [7, 11) is 0. The number of aryl methyl sites for hydroxylation is 1. The highest BCUT2D eigenvalue weighted by Crippen LogP contribution is 2.29. The first-order chi connectivity index (χ1) is 8.31. The van der Waals surface area contributed by atoms with E-state index < -0.39 is 0 Å². The van der Waals surface area contributed by atoms with Crippen molar-refractivity contribution in [3.63, 3.8) is 0 Å². The molecule has 1 unspecified atom stereocenters. The van der Waals surface area contributed by atoms with E-state index in [0.29, 0.717) is 6.10 Å². The summed E-state index contributed by atoms with van der Waals surface area (Å²) in [4.78, 5) is 0. The fourth-order valence-corrected chi connectivity index (χ4v) is 2.35. The first-order valence-corrected chi connectivity index (χ1v) is 6.11. The molecule has 0 saturated heterocycles. The standard InChI is InChI=1S/C16H16O/c1-12-6-8-13(9-7-12)10-15-11-14-4-2-3-5-16(14)17-15/h2-9,15H,10-11H2,1H3. The van der Waals surface area contributed by atoms with Crippen LogP contribution in [0.15, 0.2) is 48.5 Å². The van der Waals surface area contributed by atoms with Crippen LogP contribution in [0.1, 0.15) is 16.7 Å². The Balaban J connectivity index is 1.71. The summed E-state index contributed by atoms with van der Waals surface area (Å²) in [6, 6.07) is 17.1. The molecule has 0 amide bonds. The molecule has 2 aromatic carbocycles. The van der Waals surface area contributed by atoms with Gasteiger partial charge in [-0.15, -0.1) is 0 Å². The fourth-order valence-electron chi connectivity index (χ4n) is 2.35. The van der Waals surface area contributed by atoms with Gasteiger partial charge < -0.3 is 4.74 Å². The minimum Gasteiger partial charge on any atom is -0.489 e. The minimum absolute atomic E-state index is 0.301. The molecule has 0 fully saturated rings. The van der Waals surface area contributed by atoms with Crippen LogP contribution in [0.25, 0.3) is 0 Å². The van der Waals surface area contributed by atoms with Gasteiger partial charge in [-0.25, -0.2) is 0 Å². The van der Waals surface area contributed by atoms with Crippen molar-refractivity contribution < 1.29 is 4.74 Å². The minimum atomic E-state index is 0.301. The molecule has 86 valence electrons. The van der Waals surface area contributed by atoms with Gasteiger partial charge in [-0.3, -0.25) is 0 Å². The van der Waals surface area contributed by atoms with Crippen LogP contribution in [0.4, 0.5) is 0 Å². The molecule has 1 atom stereocenters. The summed E-state index contributed by atoms with van der Waals surface area (Å²) in [5.41, 5.74) is 4.00. The molecule has 2 aromatic rings. The molecule has 0 spiro atoms. The first kappa shape index (κ1) is 10.4. The number of fused-ring (bicyclic) bond motifs is 1. The Hall–Kier alpha value is -1.76. The Morgan fingerprint density at radius 1 is 1.06 bits per heavy atom. The van der Waals surface area contributed by atoms with Crippen LogP contribution in [0.2, 0.25) is 0 Å². The van der Waals surface area contributed by atoms with Crippen molar-refractivity contribution >= 4 is 0 Å². The summed E-state index contributed by atoms with van der Waals surface area (Å²) >= 11 is 0. The molecule has 0 aliphatic carbocycles. The topological polar surface area (TPSA) is 9.23 Å². The molecule has 3 rings (SSSR count). The molecule has 1 nitrogen and oxygen atoms in total. The Labute approximate surface area is 102 Å². The van der Waals surface area contributed by atoms with E-state index in [1.54, 1.807) is 0 Å². The molecule has 1 heteroatoms. The van der Waals surface area contributed by atoms with Gasteiger partial charge in [-0.1, -0.05) is 48.0 Å². The molecule has 0 N–H and O–H groups in total. The third kappa shape index (κ3) is 2.19. The molecule has 0 radical (unpaired) electrons. The highest BCUT2D eigenvalue weighted by atomic mass is 16.5. The fraction of sp³-hybridized carbons (Fsp3) is 0.250. The zero-order valence-corrected chi connectivity index (χ0v) is 10.0. The van der Waals surface area contributed by atoms with Crippen molar-refractivity contribution in [2.45, 2.75) is 25.9 Å². The summed E-state index contributed by atoms with van der Waals surface area (Å²) in [6.45, 7) is 2.12. The van der Waals surface area contributed by atoms with Gasteiger partial charge in [0.25, 0.3) is 0 Å². The van der Waals surface area contributed by atoms with Crippen LogP contribution in [0, 0.1) is 6.92 Å². The summed E-state index contributed by atoms with van der Waals surface area (Å²) in [5, 5.41) is 0. The quantitative estimate of drug-likeness (QED) is 0.758. The predicted molar refractivity (Wildman–Crippen MR) is 69.4 cm³/mol. The van der Waals surface area contributed by atoms with E-state index in [1.807, 2.05) is 6.07 Å². The van der Waals surface area contributed by atoms with Crippen LogP contribution in [0.3, 0.4) is 0 Å².